The highest BCUT2D eigenvalue weighted by atomic mass is 16.2. The number of anilines is 1. The normalized spacial score (nSPS) is 16.1. The first-order valence-corrected chi connectivity index (χ1v) is 10.3. The Hall–Kier alpha value is -3.55. The maximum atomic E-state index is 12.8. The SMILES string of the molecule is Cc1ccc(N2C[C@@H](C(=O)NCc3nnnn3-c3ccc(C)c(C)c3)CC2=O)cc1C. The topological polar surface area (TPSA) is 93.0 Å². The number of nitrogens with one attached hydrogen (secondary N) is 1. The number of hydrogen-bond donors (Lipinski definition) is 1. The molecule has 160 valence electrons. The zero-order chi connectivity index (χ0) is 22.1. The lowest BCUT2D eigenvalue weighted by Crippen LogP contribution is -2.33. The quantitative estimate of drug-likeness (QED) is 0.687. The largest absolute Gasteiger partial charge is 0.348 e. The second kappa shape index (κ2) is 8.29. The highest BCUT2D eigenvalue weighted by Crippen LogP contribution is 2.27. The minimum absolute atomic E-state index is 0.0385. The van der Waals surface area contributed by atoms with Gasteiger partial charge in [-0.15, -0.1) is 5.10 Å². The number of benzene rings is 2. The Morgan fingerprint density at radius 1 is 1.00 bits per heavy atom. The van der Waals surface area contributed by atoms with Crippen molar-refractivity contribution in [2.45, 2.75) is 40.7 Å². The summed E-state index contributed by atoms with van der Waals surface area (Å²) in [7, 11) is 0. The maximum absolute atomic E-state index is 12.8. The van der Waals surface area contributed by atoms with E-state index in [0.717, 1.165) is 22.5 Å². The molecule has 0 bridgehead atoms. The van der Waals surface area contributed by atoms with Gasteiger partial charge in [0, 0.05) is 18.7 Å². The molecular weight excluding hydrogens is 392 g/mol. The van der Waals surface area contributed by atoms with E-state index in [1.165, 1.54) is 11.1 Å². The molecule has 1 aliphatic rings. The maximum Gasteiger partial charge on any atom is 0.227 e. The molecule has 0 aliphatic carbocycles. The van der Waals surface area contributed by atoms with Crippen LogP contribution in [0, 0.1) is 33.6 Å². The molecule has 0 saturated carbocycles. The summed E-state index contributed by atoms with van der Waals surface area (Å²) in [5.74, 6) is -0.0790. The molecule has 1 atom stereocenters. The van der Waals surface area contributed by atoms with Crippen LogP contribution in [0.15, 0.2) is 36.4 Å². The van der Waals surface area contributed by atoms with Gasteiger partial charge in [0.1, 0.15) is 0 Å². The zero-order valence-electron chi connectivity index (χ0n) is 18.2. The molecule has 8 nitrogen and oxygen atoms in total. The number of tetrazole rings is 1. The lowest BCUT2D eigenvalue weighted by atomic mass is 10.1. The fourth-order valence-electron chi connectivity index (χ4n) is 3.71. The molecule has 1 saturated heterocycles. The van der Waals surface area contributed by atoms with Gasteiger partial charge in [0.05, 0.1) is 18.2 Å². The summed E-state index contributed by atoms with van der Waals surface area (Å²) in [6.45, 7) is 8.69. The molecule has 0 spiro atoms. The summed E-state index contributed by atoms with van der Waals surface area (Å²) in [6, 6.07) is 11.9. The number of aryl methyl sites for hydroxylation is 4. The summed E-state index contributed by atoms with van der Waals surface area (Å²) in [5, 5.41) is 14.8. The van der Waals surface area contributed by atoms with Crippen LogP contribution in [0.25, 0.3) is 5.69 Å². The van der Waals surface area contributed by atoms with E-state index in [9.17, 15) is 9.59 Å². The molecule has 8 heteroatoms. The average Bonchev–Trinajstić information content (AvgIpc) is 3.37. The minimum atomic E-state index is -0.403. The van der Waals surface area contributed by atoms with E-state index < -0.39 is 5.92 Å². The number of amides is 2. The van der Waals surface area contributed by atoms with Crippen LogP contribution in [0.2, 0.25) is 0 Å². The van der Waals surface area contributed by atoms with Crippen molar-refractivity contribution in [2.24, 2.45) is 5.92 Å². The molecule has 31 heavy (non-hydrogen) atoms. The van der Waals surface area contributed by atoms with E-state index in [1.807, 2.05) is 64.1 Å². The molecule has 1 aromatic heterocycles. The lowest BCUT2D eigenvalue weighted by Gasteiger charge is -2.18. The molecule has 2 amide bonds. The van der Waals surface area contributed by atoms with Gasteiger partial charge < -0.3 is 10.2 Å². The summed E-state index contributed by atoms with van der Waals surface area (Å²) in [6.07, 6.45) is 0.195. The molecule has 2 heterocycles. The number of nitrogens with zero attached hydrogens (tertiary/aromatic N) is 5. The van der Waals surface area contributed by atoms with Crippen molar-refractivity contribution in [3.63, 3.8) is 0 Å². The number of rotatable bonds is 5. The van der Waals surface area contributed by atoms with Crippen LogP contribution < -0.4 is 10.2 Å². The van der Waals surface area contributed by atoms with E-state index in [-0.39, 0.29) is 24.8 Å². The monoisotopic (exact) mass is 418 g/mol. The van der Waals surface area contributed by atoms with Gasteiger partial charge in [0.15, 0.2) is 5.82 Å². The van der Waals surface area contributed by atoms with Gasteiger partial charge in [-0.1, -0.05) is 12.1 Å². The van der Waals surface area contributed by atoms with Crippen LogP contribution in [0.1, 0.15) is 34.5 Å². The van der Waals surface area contributed by atoms with Crippen molar-refractivity contribution in [3.8, 4) is 5.69 Å². The smallest absolute Gasteiger partial charge is 0.227 e. The highest BCUT2D eigenvalue weighted by Gasteiger charge is 2.35. The van der Waals surface area contributed by atoms with Crippen molar-refractivity contribution in [1.29, 1.82) is 0 Å². The van der Waals surface area contributed by atoms with E-state index in [4.69, 9.17) is 0 Å². The molecular formula is C23H26N6O2. The number of hydrogen-bond acceptors (Lipinski definition) is 5. The third-order valence-electron chi connectivity index (χ3n) is 5.99. The van der Waals surface area contributed by atoms with Gasteiger partial charge in [-0.2, -0.15) is 4.68 Å². The standard InChI is InChI=1S/C23H26N6O2/c1-14-5-7-19(9-16(14)3)28-13-18(11-22(28)30)23(31)24-12-21-25-26-27-29(21)20-8-6-15(2)17(4)10-20/h5-10,18H,11-13H2,1-4H3,(H,24,31)/t18-/m0/s1. The molecule has 1 aliphatic heterocycles. The minimum Gasteiger partial charge on any atom is -0.348 e. The molecule has 0 unspecified atom stereocenters. The van der Waals surface area contributed by atoms with Gasteiger partial charge >= 0.3 is 0 Å². The highest BCUT2D eigenvalue weighted by molar-refractivity contribution is 6.00. The van der Waals surface area contributed by atoms with Crippen molar-refractivity contribution in [2.75, 3.05) is 11.4 Å². The van der Waals surface area contributed by atoms with Crippen LogP contribution in [0.3, 0.4) is 0 Å². The van der Waals surface area contributed by atoms with E-state index in [2.05, 4.69) is 20.8 Å². The summed E-state index contributed by atoms with van der Waals surface area (Å²) < 4.78 is 1.62. The average molecular weight is 419 g/mol. The fraction of sp³-hybridized carbons (Fsp3) is 0.348. The predicted octanol–water partition coefficient (Wildman–Crippen LogP) is 2.57. The van der Waals surface area contributed by atoms with Gasteiger partial charge in [-0.3, -0.25) is 9.59 Å². The first kappa shape index (κ1) is 20.7. The summed E-state index contributed by atoms with van der Waals surface area (Å²) in [5.41, 5.74) is 6.30. The van der Waals surface area contributed by atoms with Gasteiger partial charge in [0.2, 0.25) is 11.8 Å². The Balaban J connectivity index is 1.42. The van der Waals surface area contributed by atoms with Gasteiger partial charge in [-0.25, -0.2) is 0 Å². The van der Waals surface area contributed by atoms with Crippen molar-refractivity contribution in [3.05, 3.63) is 64.5 Å². The molecule has 1 fully saturated rings. The van der Waals surface area contributed by atoms with Crippen molar-refractivity contribution < 1.29 is 9.59 Å². The Morgan fingerprint density at radius 3 is 2.32 bits per heavy atom. The van der Waals surface area contributed by atoms with Crippen molar-refractivity contribution >= 4 is 17.5 Å². The van der Waals surface area contributed by atoms with Gasteiger partial charge in [0.25, 0.3) is 0 Å². The first-order chi connectivity index (χ1) is 14.8. The third-order valence-corrected chi connectivity index (χ3v) is 5.99. The first-order valence-electron chi connectivity index (χ1n) is 10.3. The Labute approximate surface area is 181 Å². The fourth-order valence-corrected chi connectivity index (χ4v) is 3.71. The van der Waals surface area contributed by atoms with Gasteiger partial charge in [-0.05, 0) is 84.6 Å². The number of carbonyl (C=O) groups excluding carboxylic acids is 2. The molecule has 2 aromatic carbocycles. The van der Waals surface area contributed by atoms with E-state index in [1.54, 1.807) is 9.58 Å². The Morgan fingerprint density at radius 2 is 1.65 bits per heavy atom. The van der Waals surface area contributed by atoms with Crippen LogP contribution in [0.4, 0.5) is 5.69 Å². The molecule has 1 N–H and O–H groups in total. The number of carbonyl (C=O) groups is 2. The molecule has 0 radical (unpaired) electrons. The molecule has 3 aromatic rings. The van der Waals surface area contributed by atoms with Crippen molar-refractivity contribution in [1.82, 2.24) is 25.5 Å². The van der Waals surface area contributed by atoms with E-state index in [0.29, 0.717) is 12.4 Å². The van der Waals surface area contributed by atoms with Crippen LogP contribution in [0.5, 0.6) is 0 Å². The molecule has 4 rings (SSSR count). The van der Waals surface area contributed by atoms with Crippen LogP contribution in [-0.4, -0.2) is 38.6 Å². The second-order valence-corrected chi connectivity index (χ2v) is 8.17. The summed E-state index contributed by atoms with van der Waals surface area (Å²) >= 11 is 0. The second-order valence-electron chi connectivity index (χ2n) is 8.17. The Kier molecular flexibility index (Phi) is 5.54. The Bertz CT molecular complexity index is 1150. The van der Waals surface area contributed by atoms with Crippen LogP contribution >= 0.6 is 0 Å². The van der Waals surface area contributed by atoms with Crippen LogP contribution in [-0.2, 0) is 16.1 Å². The predicted molar refractivity (Wildman–Crippen MR) is 117 cm³/mol. The number of aromatic nitrogens is 4. The lowest BCUT2D eigenvalue weighted by molar-refractivity contribution is -0.126. The summed E-state index contributed by atoms with van der Waals surface area (Å²) in [4.78, 5) is 27.0. The third kappa shape index (κ3) is 4.19. The van der Waals surface area contributed by atoms with E-state index >= 15 is 0 Å². The zero-order valence-corrected chi connectivity index (χ0v) is 18.2.